The van der Waals surface area contributed by atoms with Crippen molar-refractivity contribution in [3.05, 3.63) is 77.6 Å². The molecule has 0 saturated heterocycles. The molecule has 2 aromatic rings. The van der Waals surface area contributed by atoms with Gasteiger partial charge >= 0.3 is 0 Å². The van der Waals surface area contributed by atoms with Gasteiger partial charge in [0.15, 0.2) is 0 Å². The molecule has 0 atom stereocenters. The normalized spacial score (nSPS) is 11.3. The van der Waals surface area contributed by atoms with Crippen molar-refractivity contribution >= 4 is 18.0 Å². The molecule has 2 rings (SSSR count). The first-order chi connectivity index (χ1) is 9.16. The Bertz CT molecular complexity index is 564. The van der Waals surface area contributed by atoms with Crippen LogP contribution in [0.5, 0.6) is 0 Å². The van der Waals surface area contributed by atoms with Crippen molar-refractivity contribution in [2.24, 2.45) is 0 Å². The molecule has 1 nitrogen and oxygen atoms in total. The molecule has 3 heteroatoms. The largest absolute Gasteiger partial charge is 0.306 e. The van der Waals surface area contributed by atoms with E-state index in [0.29, 0.717) is 0 Å². The molecule has 0 spiro atoms. The molecule has 0 aliphatic carbocycles. The second-order valence-electron chi connectivity index (χ2n) is 4.76. The highest BCUT2D eigenvalue weighted by atomic mass is 35.5. The highest BCUT2D eigenvalue weighted by Gasteiger charge is 2.05. The van der Waals surface area contributed by atoms with Gasteiger partial charge in [-0.2, -0.15) is 0 Å². The minimum absolute atomic E-state index is 0. The number of likely N-dealkylation sites (N-methyl/N-ethyl adjacent to an activating group) is 1. The summed E-state index contributed by atoms with van der Waals surface area (Å²) in [7, 11) is 4.04. The summed E-state index contributed by atoms with van der Waals surface area (Å²) in [6, 6.07) is 16.8. The molecule has 0 N–H and O–H groups in total. The van der Waals surface area contributed by atoms with Crippen molar-refractivity contribution in [3.63, 3.8) is 0 Å². The molecule has 0 aliphatic rings. The van der Waals surface area contributed by atoms with Crippen LogP contribution in [0.4, 0.5) is 4.39 Å². The van der Waals surface area contributed by atoms with Crippen LogP contribution in [0.2, 0.25) is 0 Å². The Labute approximate surface area is 126 Å². The lowest BCUT2D eigenvalue weighted by Gasteiger charge is -2.11. The molecule has 0 radical (unpaired) electrons. The van der Waals surface area contributed by atoms with Gasteiger partial charge in [0, 0.05) is 6.54 Å². The van der Waals surface area contributed by atoms with Crippen LogP contribution >= 0.6 is 12.4 Å². The highest BCUT2D eigenvalue weighted by molar-refractivity contribution is 5.85. The van der Waals surface area contributed by atoms with Gasteiger partial charge in [-0.15, -0.1) is 12.4 Å². The summed E-state index contributed by atoms with van der Waals surface area (Å²) in [6.07, 6.45) is 2.13. The van der Waals surface area contributed by atoms with Gasteiger partial charge in [-0.1, -0.05) is 48.5 Å². The van der Waals surface area contributed by atoms with Gasteiger partial charge in [0.2, 0.25) is 0 Å². The predicted molar refractivity (Wildman–Crippen MR) is 85.7 cm³/mol. The standard InChI is InChI=1S/C17H18FN.ClH/c1-19(2)12-11-17(14-7-4-3-5-8-14)15-9-6-10-16(18)13-15;/h3-11,13H,12H2,1-2H3;1H/b17-11+;. The fourth-order valence-electron chi connectivity index (χ4n) is 1.95. The van der Waals surface area contributed by atoms with E-state index in [9.17, 15) is 4.39 Å². The fourth-order valence-corrected chi connectivity index (χ4v) is 1.95. The van der Waals surface area contributed by atoms with Gasteiger partial charge in [-0.25, -0.2) is 4.39 Å². The number of rotatable bonds is 4. The molecule has 0 amide bonds. The maximum Gasteiger partial charge on any atom is 0.123 e. The molecule has 0 heterocycles. The maximum absolute atomic E-state index is 13.4. The van der Waals surface area contributed by atoms with Crippen LogP contribution in [-0.4, -0.2) is 25.5 Å². The van der Waals surface area contributed by atoms with Gasteiger partial charge in [-0.05, 0) is 42.9 Å². The van der Waals surface area contributed by atoms with E-state index in [2.05, 4.69) is 11.0 Å². The third-order valence-electron chi connectivity index (χ3n) is 2.88. The monoisotopic (exact) mass is 291 g/mol. The molecule has 0 unspecified atom stereocenters. The van der Waals surface area contributed by atoms with Crippen LogP contribution < -0.4 is 0 Å². The van der Waals surface area contributed by atoms with Crippen LogP contribution in [0.1, 0.15) is 11.1 Å². The Hall–Kier alpha value is -1.64. The Morgan fingerprint density at radius 2 is 1.65 bits per heavy atom. The van der Waals surface area contributed by atoms with Crippen molar-refractivity contribution in [1.29, 1.82) is 0 Å². The molecule has 0 bridgehead atoms. The Morgan fingerprint density at radius 3 is 2.25 bits per heavy atom. The lowest BCUT2D eigenvalue weighted by Crippen LogP contribution is -2.11. The van der Waals surface area contributed by atoms with E-state index in [0.717, 1.165) is 23.2 Å². The summed E-state index contributed by atoms with van der Waals surface area (Å²) in [5.41, 5.74) is 3.08. The van der Waals surface area contributed by atoms with E-state index in [1.807, 2.05) is 50.5 Å². The van der Waals surface area contributed by atoms with Gasteiger partial charge < -0.3 is 4.90 Å². The molecule has 0 saturated carbocycles. The number of benzene rings is 2. The molecule has 0 aromatic heterocycles. The molecular weight excluding hydrogens is 273 g/mol. The lowest BCUT2D eigenvalue weighted by atomic mass is 9.97. The fraction of sp³-hybridized carbons (Fsp3) is 0.176. The molecular formula is C17H19ClFN. The Morgan fingerprint density at radius 1 is 1.00 bits per heavy atom. The van der Waals surface area contributed by atoms with Crippen molar-refractivity contribution in [2.75, 3.05) is 20.6 Å². The van der Waals surface area contributed by atoms with Crippen molar-refractivity contribution in [3.8, 4) is 0 Å². The quantitative estimate of drug-likeness (QED) is 0.814. The van der Waals surface area contributed by atoms with Crippen LogP contribution in [0.25, 0.3) is 5.57 Å². The van der Waals surface area contributed by atoms with Crippen molar-refractivity contribution in [1.82, 2.24) is 4.90 Å². The highest BCUT2D eigenvalue weighted by Crippen LogP contribution is 2.23. The van der Waals surface area contributed by atoms with Gasteiger partial charge in [-0.3, -0.25) is 0 Å². The molecule has 20 heavy (non-hydrogen) atoms. The zero-order chi connectivity index (χ0) is 13.7. The smallest absolute Gasteiger partial charge is 0.123 e. The minimum Gasteiger partial charge on any atom is -0.306 e. The van der Waals surface area contributed by atoms with E-state index in [4.69, 9.17) is 0 Å². The van der Waals surface area contributed by atoms with Crippen molar-refractivity contribution < 1.29 is 4.39 Å². The van der Waals surface area contributed by atoms with E-state index < -0.39 is 0 Å². The third-order valence-corrected chi connectivity index (χ3v) is 2.88. The Kier molecular flexibility index (Phi) is 6.43. The van der Waals surface area contributed by atoms with E-state index in [1.54, 1.807) is 12.1 Å². The Balaban J connectivity index is 0.00000200. The third kappa shape index (κ3) is 4.48. The van der Waals surface area contributed by atoms with Crippen LogP contribution in [0.3, 0.4) is 0 Å². The summed E-state index contributed by atoms with van der Waals surface area (Å²) in [4.78, 5) is 2.09. The summed E-state index contributed by atoms with van der Waals surface area (Å²) < 4.78 is 13.4. The van der Waals surface area contributed by atoms with E-state index in [1.165, 1.54) is 6.07 Å². The van der Waals surface area contributed by atoms with Crippen LogP contribution in [0.15, 0.2) is 60.7 Å². The zero-order valence-electron chi connectivity index (χ0n) is 11.7. The lowest BCUT2D eigenvalue weighted by molar-refractivity contribution is 0.457. The molecule has 2 aromatic carbocycles. The average Bonchev–Trinajstić information content (AvgIpc) is 2.40. The SMILES string of the molecule is CN(C)C/C=C(\c1ccccc1)c1cccc(F)c1.Cl. The van der Waals surface area contributed by atoms with E-state index in [-0.39, 0.29) is 18.2 Å². The first-order valence-electron chi connectivity index (χ1n) is 6.33. The second kappa shape index (κ2) is 7.83. The van der Waals surface area contributed by atoms with Crippen LogP contribution in [-0.2, 0) is 0 Å². The predicted octanol–water partition coefficient (Wildman–Crippen LogP) is 4.24. The summed E-state index contributed by atoms with van der Waals surface area (Å²) >= 11 is 0. The minimum atomic E-state index is -0.204. The maximum atomic E-state index is 13.4. The summed E-state index contributed by atoms with van der Waals surface area (Å²) in [5, 5.41) is 0. The number of halogens is 2. The van der Waals surface area contributed by atoms with E-state index >= 15 is 0 Å². The summed E-state index contributed by atoms with van der Waals surface area (Å²) in [5.74, 6) is -0.204. The van der Waals surface area contributed by atoms with Crippen molar-refractivity contribution in [2.45, 2.75) is 0 Å². The number of nitrogens with zero attached hydrogens (tertiary/aromatic N) is 1. The van der Waals surface area contributed by atoms with Gasteiger partial charge in [0.1, 0.15) is 5.82 Å². The zero-order valence-corrected chi connectivity index (χ0v) is 12.5. The average molecular weight is 292 g/mol. The second-order valence-corrected chi connectivity index (χ2v) is 4.76. The summed E-state index contributed by atoms with van der Waals surface area (Å²) in [6.45, 7) is 0.820. The van der Waals surface area contributed by atoms with Gasteiger partial charge in [0.25, 0.3) is 0 Å². The number of hydrogen-bond acceptors (Lipinski definition) is 1. The molecule has 0 aliphatic heterocycles. The van der Waals surface area contributed by atoms with Gasteiger partial charge in [0.05, 0.1) is 0 Å². The number of hydrogen-bond donors (Lipinski definition) is 0. The first-order valence-corrected chi connectivity index (χ1v) is 6.33. The molecule has 0 fully saturated rings. The first kappa shape index (κ1) is 16.4. The van der Waals surface area contributed by atoms with Crippen LogP contribution in [0, 0.1) is 5.82 Å². The topological polar surface area (TPSA) is 3.24 Å². The molecule has 106 valence electrons.